The summed E-state index contributed by atoms with van der Waals surface area (Å²) in [5.41, 5.74) is 8.47. The van der Waals surface area contributed by atoms with Gasteiger partial charge in [-0.3, -0.25) is 9.48 Å². The third-order valence-electron chi connectivity index (χ3n) is 4.41. The molecule has 8 nitrogen and oxygen atoms in total. The molecule has 8 heteroatoms. The summed E-state index contributed by atoms with van der Waals surface area (Å²) in [7, 11) is 1.88. The van der Waals surface area contributed by atoms with Crippen LogP contribution >= 0.6 is 0 Å². The predicted octanol–water partition coefficient (Wildman–Crippen LogP) is 1.26. The van der Waals surface area contributed by atoms with Gasteiger partial charge in [-0.25, -0.2) is 9.99 Å². The fourth-order valence-corrected chi connectivity index (χ4v) is 3.09. The Labute approximate surface area is 156 Å². The van der Waals surface area contributed by atoms with Crippen LogP contribution in [0.2, 0.25) is 0 Å². The van der Waals surface area contributed by atoms with Gasteiger partial charge in [0.05, 0.1) is 5.69 Å². The monoisotopic (exact) mass is 361 g/mol. The van der Waals surface area contributed by atoms with E-state index >= 15 is 0 Å². The van der Waals surface area contributed by atoms with Crippen LogP contribution in [0.5, 0.6) is 0 Å². The molecule has 136 valence electrons. The second-order valence-corrected chi connectivity index (χ2v) is 6.25. The number of amides is 1. The Morgan fingerprint density at radius 2 is 2.00 bits per heavy atom. The number of pyridine rings is 1. The van der Waals surface area contributed by atoms with Crippen molar-refractivity contribution in [2.45, 2.75) is 12.6 Å². The van der Waals surface area contributed by atoms with Crippen LogP contribution in [0.1, 0.15) is 5.56 Å². The van der Waals surface area contributed by atoms with E-state index in [1.165, 1.54) is 0 Å². The van der Waals surface area contributed by atoms with Crippen LogP contribution in [-0.4, -0.2) is 32.7 Å². The van der Waals surface area contributed by atoms with Crippen LogP contribution in [0.3, 0.4) is 0 Å². The number of hydrazone groups is 1. The molecule has 0 radical (unpaired) electrons. The van der Waals surface area contributed by atoms with E-state index in [1.807, 2.05) is 55.6 Å². The van der Waals surface area contributed by atoms with Crippen molar-refractivity contribution in [1.82, 2.24) is 20.1 Å². The summed E-state index contributed by atoms with van der Waals surface area (Å²) >= 11 is 0. The summed E-state index contributed by atoms with van der Waals surface area (Å²) in [6.07, 6.45) is 3.84. The van der Waals surface area contributed by atoms with Crippen LogP contribution in [0, 0.1) is 0 Å². The number of amidine groups is 1. The molecule has 0 fully saturated rings. The second-order valence-electron chi connectivity index (χ2n) is 6.25. The van der Waals surface area contributed by atoms with Crippen molar-refractivity contribution >= 4 is 17.6 Å². The predicted molar refractivity (Wildman–Crippen MR) is 103 cm³/mol. The van der Waals surface area contributed by atoms with Crippen LogP contribution in [0.25, 0.3) is 11.3 Å². The molecule has 1 aliphatic heterocycles. The first-order valence-corrected chi connectivity index (χ1v) is 8.54. The molecule has 3 aromatic rings. The Balaban J connectivity index is 1.68. The van der Waals surface area contributed by atoms with Gasteiger partial charge in [-0.1, -0.05) is 30.3 Å². The number of benzene rings is 1. The van der Waals surface area contributed by atoms with Gasteiger partial charge in [-0.15, -0.1) is 5.10 Å². The number of nitrogens with zero attached hydrogens (tertiary/aromatic N) is 5. The quantitative estimate of drug-likeness (QED) is 0.712. The lowest BCUT2D eigenvalue weighted by molar-refractivity contribution is -0.112. The third kappa shape index (κ3) is 3.37. The molecule has 0 saturated carbocycles. The lowest BCUT2D eigenvalue weighted by Gasteiger charge is -2.23. The van der Waals surface area contributed by atoms with E-state index in [1.54, 1.807) is 22.1 Å². The molecule has 0 bridgehead atoms. The number of carbonyl (C=O) groups is 1. The molecule has 0 spiro atoms. The van der Waals surface area contributed by atoms with E-state index in [-0.39, 0.29) is 12.0 Å². The molecule has 1 unspecified atom stereocenters. The largest absolute Gasteiger partial charge is 0.363 e. The zero-order chi connectivity index (χ0) is 18.8. The van der Waals surface area contributed by atoms with Gasteiger partial charge in [0.2, 0.25) is 5.84 Å². The summed E-state index contributed by atoms with van der Waals surface area (Å²) in [6, 6.07) is 15.7. The molecule has 27 heavy (non-hydrogen) atoms. The van der Waals surface area contributed by atoms with Gasteiger partial charge in [0.25, 0.3) is 5.91 Å². The molecular formula is C19H19N7O. The minimum Gasteiger partial charge on any atom is -0.363 e. The van der Waals surface area contributed by atoms with Gasteiger partial charge >= 0.3 is 0 Å². The lowest BCUT2D eigenvalue weighted by Crippen LogP contribution is -2.43. The van der Waals surface area contributed by atoms with E-state index in [2.05, 4.69) is 20.5 Å². The summed E-state index contributed by atoms with van der Waals surface area (Å²) < 4.78 is 1.79. The topological polar surface area (TPSA) is 101 Å². The SMILES string of the molecule is Cn1nccc1-c1ccnc(N2N=C(C(N)=O)NC2Cc2ccccc2)c1. The van der Waals surface area contributed by atoms with E-state index in [9.17, 15) is 4.79 Å². The summed E-state index contributed by atoms with van der Waals surface area (Å²) in [6.45, 7) is 0. The normalized spacial score (nSPS) is 16.1. The summed E-state index contributed by atoms with van der Waals surface area (Å²) in [4.78, 5) is 16.1. The van der Waals surface area contributed by atoms with Crippen LogP contribution in [0.4, 0.5) is 5.82 Å². The van der Waals surface area contributed by atoms with Gasteiger partial charge in [0.15, 0.2) is 5.82 Å². The molecule has 1 aromatic carbocycles. The summed E-state index contributed by atoms with van der Waals surface area (Å²) in [5.74, 6) is 0.153. The van der Waals surface area contributed by atoms with E-state index in [0.717, 1.165) is 16.8 Å². The number of aryl methyl sites for hydroxylation is 1. The fraction of sp³-hybridized carbons (Fsp3) is 0.158. The Morgan fingerprint density at radius 3 is 2.70 bits per heavy atom. The minimum absolute atomic E-state index is 0.128. The number of aromatic nitrogens is 3. The molecule has 4 rings (SSSR count). The van der Waals surface area contributed by atoms with E-state index in [4.69, 9.17) is 5.73 Å². The first kappa shape index (κ1) is 16.8. The number of nitrogens with one attached hydrogen (secondary N) is 1. The Hall–Kier alpha value is -3.68. The molecule has 1 amide bonds. The van der Waals surface area contributed by atoms with Crippen LogP contribution in [0.15, 0.2) is 66.0 Å². The van der Waals surface area contributed by atoms with Crippen molar-refractivity contribution in [1.29, 1.82) is 0 Å². The average Bonchev–Trinajstić information content (AvgIpc) is 3.29. The van der Waals surface area contributed by atoms with Crippen molar-refractivity contribution in [3.8, 4) is 11.3 Å². The Bertz CT molecular complexity index is 996. The second kappa shape index (κ2) is 6.91. The van der Waals surface area contributed by atoms with Crippen molar-refractivity contribution in [2.24, 2.45) is 17.9 Å². The number of carbonyl (C=O) groups excluding carboxylic acids is 1. The zero-order valence-corrected chi connectivity index (χ0v) is 14.8. The number of anilines is 1. The van der Waals surface area contributed by atoms with Crippen molar-refractivity contribution in [3.05, 3.63) is 66.5 Å². The van der Waals surface area contributed by atoms with Crippen molar-refractivity contribution in [2.75, 3.05) is 5.01 Å². The van der Waals surface area contributed by atoms with E-state index < -0.39 is 5.91 Å². The Morgan fingerprint density at radius 1 is 1.19 bits per heavy atom. The molecule has 0 aliphatic carbocycles. The van der Waals surface area contributed by atoms with Crippen molar-refractivity contribution in [3.63, 3.8) is 0 Å². The molecule has 3 heterocycles. The molecule has 1 atom stereocenters. The van der Waals surface area contributed by atoms with Gasteiger partial charge < -0.3 is 11.1 Å². The number of nitrogens with two attached hydrogens (primary N) is 1. The Kier molecular flexibility index (Phi) is 4.29. The number of hydrogen-bond acceptors (Lipinski definition) is 6. The highest BCUT2D eigenvalue weighted by molar-refractivity contribution is 6.38. The van der Waals surface area contributed by atoms with E-state index in [0.29, 0.717) is 12.2 Å². The highest BCUT2D eigenvalue weighted by Gasteiger charge is 2.30. The lowest BCUT2D eigenvalue weighted by atomic mass is 10.1. The molecule has 2 aromatic heterocycles. The van der Waals surface area contributed by atoms with Crippen LogP contribution < -0.4 is 16.1 Å². The third-order valence-corrected chi connectivity index (χ3v) is 4.41. The smallest absolute Gasteiger partial charge is 0.286 e. The maximum absolute atomic E-state index is 11.6. The fourth-order valence-electron chi connectivity index (χ4n) is 3.09. The molecule has 3 N–H and O–H groups in total. The highest BCUT2D eigenvalue weighted by Crippen LogP contribution is 2.25. The summed E-state index contributed by atoms with van der Waals surface area (Å²) in [5, 5.41) is 13.4. The maximum Gasteiger partial charge on any atom is 0.286 e. The first-order chi connectivity index (χ1) is 13.1. The number of hydrogen-bond donors (Lipinski definition) is 2. The van der Waals surface area contributed by atoms with Gasteiger partial charge in [-0.05, 0) is 23.8 Å². The maximum atomic E-state index is 11.6. The standard InChI is InChI=1S/C19H19N7O/c1-25-15(8-10-22-25)14-7-9-21-16(12-14)26-17(23-19(24-26)18(20)27)11-13-5-3-2-4-6-13/h2-10,12,17H,11H2,1H3,(H2,20,27)(H,23,24). The average molecular weight is 361 g/mol. The molecule has 0 saturated heterocycles. The van der Waals surface area contributed by atoms with Gasteiger partial charge in [0.1, 0.15) is 6.17 Å². The molecular weight excluding hydrogens is 342 g/mol. The van der Waals surface area contributed by atoms with Gasteiger partial charge in [0, 0.05) is 31.4 Å². The minimum atomic E-state index is -0.599. The zero-order valence-electron chi connectivity index (χ0n) is 14.8. The molecule has 1 aliphatic rings. The van der Waals surface area contributed by atoms with Crippen LogP contribution in [-0.2, 0) is 18.3 Å². The highest BCUT2D eigenvalue weighted by atomic mass is 16.1. The van der Waals surface area contributed by atoms with Gasteiger partial charge in [-0.2, -0.15) is 5.10 Å². The number of rotatable bonds is 5. The van der Waals surface area contributed by atoms with Crippen molar-refractivity contribution < 1.29 is 4.79 Å². The number of primary amides is 1. The first-order valence-electron chi connectivity index (χ1n) is 8.54.